The van der Waals surface area contributed by atoms with Crippen molar-refractivity contribution in [1.29, 1.82) is 0 Å². The van der Waals surface area contributed by atoms with Gasteiger partial charge in [0.1, 0.15) is 11.6 Å². The number of sulfonamides is 1. The molecule has 2 aromatic heterocycles. The fourth-order valence-electron chi connectivity index (χ4n) is 3.80. The summed E-state index contributed by atoms with van der Waals surface area (Å²) in [4.78, 5) is 13.5. The molecular weight excluding hydrogens is 417 g/mol. The van der Waals surface area contributed by atoms with E-state index in [-0.39, 0.29) is 10.8 Å². The second-order valence-corrected chi connectivity index (χ2v) is 9.64. The van der Waals surface area contributed by atoms with E-state index >= 15 is 0 Å². The molecule has 1 atom stereocenters. The van der Waals surface area contributed by atoms with Crippen LogP contribution < -0.4 is 5.32 Å². The summed E-state index contributed by atoms with van der Waals surface area (Å²) in [5.41, 5.74) is 2.54. The lowest BCUT2D eigenvalue weighted by Crippen LogP contribution is -2.39. The number of hydrogen-bond donors (Lipinski definition) is 1. The first-order valence-corrected chi connectivity index (χ1v) is 11.6. The molecule has 0 spiro atoms. The Morgan fingerprint density at radius 1 is 1.03 bits per heavy atom. The van der Waals surface area contributed by atoms with Crippen LogP contribution in [0.15, 0.2) is 53.4 Å². The van der Waals surface area contributed by atoms with E-state index in [0.717, 1.165) is 29.9 Å². The molecule has 31 heavy (non-hydrogen) atoms. The van der Waals surface area contributed by atoms with Crippen LogP contribution >= 0.6 is 0 Å². The Morgan fingerprint density at radius 2 is 1.74 bits per heavy atom. The molecule has 1 N–H and O–H groups in total. The molecule has 1 aromatic carbocycles. The van der Waals surface area contributed by atoms with Crippen LogP contribution in [-0.2, 0) is 10.0 Å². The number of rotatable bonds is 5. The van der Waals surface area contributed by atoms with Crippen molar-refractivity contribution in [1.82, 2.24) is 19.3 Å². The van der Waals surface area contributed by atoms with E-state index < -0.39 is 15.8 Å². The number of aryl methyl sites for hydroxylation is 2. The number of nitrogens with one attached hydrogen (secondary N) is 1. The van der Waals surface area contributed by atoms with Gasteiger partial charge in [-0.2, -0.15) is 4.31 Å². The Labute approximate surface area is 181 Å². The van der Waals surface area contributed by atoms with Crippen LogP contribution in [0.25, 0.3) is 0 Å². The number of piperidine rings is 1. The van der Waals surface area contributed by atoms with E-state index in [1.165, 1.54) is 28.6 Å². The molecule has 162 valence electrons. The van der Waals surface area contributed by atoms with Crippen molar-refractivity contribution in [2.45, 2.75) is 37.5 Å². The highest BCUT2D eigenvalue weighted by atomic mass is 32.2. The Morgan fingerprint density at radius 3 is 2.45 bits per heavy atom. The molecular formula is C22H24FN5O2S. The van der Waals surface area contributed by atoms with Crippen LogP contribution in [0.5, 0.6) is 0 Å². The molecule has 1 aliphatic heterocycles. The topological polar surface area (TPSA) is 88.1 Å². The largest absolute Gasteiger partial charge is 0.309 e. The maximum atomic E-state index is 13.2. The summed E-state index contributed by atoms with van der Waals surface area (Å²) in [6.07, 6.45) is 1.57. The number of nitrogens with zero attached hydrogens (tertiary/aromatic N) is 4. The number of aromatic nitrogens is 3. The molecule has 1 fully saturated rings. The molecule has 0 unspecified atom stereocenters. The van der Waals surface area contributed by atoms with Crippen molar-refractivity contribution in [3.05, 3.63) is 71.4 Å². The van der Waals surface area contributed by atoms with Gasteiger partial charge in [-0.25, -0.2) is 27.8 Å². The number of anilines is 2. The quantitative estimate of drug-likeness (QED) is 0.645. The monoisotopic (exact) mass is 441 g/mol. The minimum atomic E-state index is -3.68. The molecule has 1 saturated heterocycles. The van der Waals surface area contributed by atoms with Gasteiger partial charge >= 0.3 is 0 Å². The Balaban J connectivity index is 1.53. The fraction of sp³-hybridized carbons (Fsp3) is 0.318. The van der Waals surface area contributed by atoms with Crippen LogP contribution in [0.1, 0.15) is 35.8 Å². The zero-order valence-corrected chi connectivity index (χ0v) is 18.2. The predicted octanol–water partition coefficient (Wildman–Crippen LogP) is 3.94. The highest BCUT2D eigenvalue weighted by Gasteiger charge is 2.31. The number of benzene rings is 1. The van der Waals surface area contributed by atoms with Crippen molar-refractivity contribution >= 4 is 21.8 Å². The zero-order valence-electron chi connectivity index (χ0n) is 17.4. The normalized spacial score (nSPS) is 17.5. The summed E-state index contributed by atoms with van der Waals surface area (Å²) >= 11 is 0. The van der Waals surface area contributed by atoms with Crippen LogP contribution in [0.4, 0.5) is 16.2 Å². The van der Waals surface area contributed by atoms with E-state index in [9.17, 15) is 12.8 Å². The van der Waals surface area contributed by atoms with E-state index in [0.29, 0.717) is 24.9 Å². The van der Waals surface area contributed by atoms with Gasteiger partial charge in [-0.05, 0) is 69.2 Å². The van der Waals surface area contributed by atoms with Gasteiger partial charge in [0.25, 0.3) is 0 Å². The summed E-state index contributed by atoms with van der Waals surface area (Å²) in [6, 6.07) is 12.5. The molecule has 0 amide bonds. The number of halogens is 1. The first kappa shape index (κ1) is 21.3. The van der Waals surface area contributed by atoms with E-state index in [1.807, 2.05) is 38.1 Å². The van der Waals surface area contributed by atoms with Crippen molar-refractivity contribution in [3.8, 4) is 0 Å². The standard InChI is InChI=1S/C22H24FN5O2S/c1-15-13-16(2)25-22(24-15)27-21-7-3-6-20(26-21)17-5-4-12-28(14-17)31(29,30)19-10-8-18(23)9-11-19/h3,6-11,13,17H,4-5,12,14H2,1-2H3,(H,24,25,26,27)/t17-/m0/s1. The van der Waals surface area contributed by atoms with Gasteiger partial charge in [0.15, 0.2) is 0 Å². The zero-order chi connectivity index (χ0) is 22.0. The van der Waals surface area contributed by atoms with E-state index in [2.05, 4.69) is 20.3 Å². The maximum absolute atomic E-state index is 13.2. The number of hydrogen-bond acceptors (Lipinski definition) is 6. The van der Waals surface area contributed by atoms with Crippen molar-refractivity contribution in [2.75, 3.05) is 18.4 Å². The summed E-state index contributed by atoms with van der Waals surface area (Å²) < 4.78 is 40.7. The maximum Gasteiger partial charge on any atom is 0.243 e. The first-order chi connectivity index (χ1) is 14.8. The van der Waals surface area contributed by atoms with E-state index in [4.69, 9.17) is 0 Å². The third kappa shape index (κ3) is 4.88. The van der Waals surface area contributed by atoms with Gasteiger partial charge in [-0.15, -0.1) is 0 Å². The lowest BCUT2D eigenvalue weighted by atomic mass is 9.96. The van der Waals surface area contributed by atoms with Gasteiger partial charge in [0.05, 0.1) is 4.90 Å². The molecule has 7 nitrogen and oxygen atoms in total. The van der Waals surface area contributed by atoms with Gasteiger partial charge in [0, 0.05) is 36.1 Å². The summed E-state index contributed by atoms with van der Waals surface area (Å²) in [5, 5.41) is 3.14. The minimum absolute atomic E-state index is 0.0362. The number of pyridine rings is 1. The third-order valence-electron chi connectivity index (χ3n) is 5.25. The fourth-order valence-corrected chi connectivity index (χ4v) is 5.33. The molecule has 0 bridgehead atoms. The second kappa shape index (κ2) is 8.68. The molecule has 3 heterocycles. The van der Waals surface area contributed by atoms with Gasteiger partial charge in [-0.1, -0.05) is 6.07 Å². The lowest BCUT2D eigenvalue weighted by Gasteiger charge is -2.31. The predicted molar refractivity (Wildman–Crippen MR) is 116 cm³/mol. The van der Waals surface area contributed by atoms with Crippen molar-refractivity contribution in [2.24, 2.45) is 0 Å². The van der Waals surface area contributed by atoms with Gasteiger partial charge in [-0.3, -0.25) is 0 Å². The minimum Gasteiger partial charge on any atom is -0.309 e. The summed E-state index contributed by atoms with van der Waals surface area (Å²) in [7, 11) is -3.68. The van der Waals surface area contributed by atoms with Crippen LogP contribution in [-0.4, -0.2) is 40.8 Å². The highest BCUT2D eigenvalue weighted by Crippen LogP contribution is 2.30. The van der Waals surface area contributed by atoms with Gasteiger partial charge < -0.3 is 5.32 Å². The Kier molecular flexibility index (Phi) is 5.97. The van der Waals surface area contributed by atoms with Crippen LogP contribution in [0.2, 0.25) is 0 Å². The van der Waals surface area contributed by atoms with Crippen LogP contribution in [0, 0.1) is 19.7 Å². The Bertz CT molecular complexity index is 1160. The highest BCUT2D eigenvalue weighted by molar-refractivity contribution is 7.89. The molecule has 0 radical (unpaired) electrons. The average Bonchev–Trinajstić information content (AvgIpc) is 2.74. The lowest BCUT2D eigenvalue weighted by molar-refractivity contribution is 0.313. The van der Waals surface area contributed by atoms with Crippen molar-refractivity contribution < 1.29 is 12.8 Å². The van der Waals surface area contributed by atoms with E-state index in [1.54, 1.807) is 0 Å². The average molecular weight is 442 g/mol. The smallest absolute Gasteiger partial charge is 0.243 e. The van der Waals surface area contributed by atoms with Crippen molar-refractivity contribution in [3.63, 3.8) is 0 Å². The summed E-state index contributed by atoms with van der Waals surface area (Å²) in [6.45, 7) is 4.57. The summed E-state index contributed by atoms with van der Waals surface area (Å²) in [5.74, 6) is 0.593. The SMILES string of the molecule is Cc1cc(C)nc(Nc2cccc([C@H]3CCCN(S(=O)(=O)c4ccc(F)cc4)C3)n2)n1. The third-order valence-corrected chi connectivity index (χ3v) is 7.13. The first-order valence-electron chi connectivity index (χ1n) is 10.1. The molecule has 0 aliphatic carbocycles. The second-order valence-electron chi connectivity index (χ2n) is 7.70. The molecule has 0 saturated carbocycles. The molecule has 3 aromatic rings. The Hall–Kier alpha value is -2.91. The van der Waals surface area contributed by atoms with Crippen LogP contribution in [0.3, 0.4) is 0 Å². The van der Waals surface area contributed by atoms with Gasteiger partial charge in [0.2, 0.25) is 16.0 Å². The molecule has 4 rings (SSSR count). The molecule has 1 aliphatic rings. The molecule has 9 heteroatoms.